The molecule has 0 bridgehead atoms. The molecule has 0 aliphatic heterocycles. The molecule has 0 fully saturated rings. The summed E-state index contributed by atoms with van der Waals surface area (Å²) in [6.45, 7) is 5.54. The molecule has 0 aromatic heterocycles. The van der Waals surface area contributed by atoms with Gasteiger partial charge < -0.3 is 10.1 Å². The van der Waals surface area contributed by atoms with Gasteiger partial charge in [0.1, 0.15) is 5.60 Å². The van der Waals surface area contributed by atoms with Gasteiger partial charge in [0.2, 0.25) is 5.78 Å². The molecule has 0 aliphatic carbocycles. The highest BCUT2D eigenvalue weighted by atomic mass is 19.4. The zero-order chi connectivity index (χ0) is 20.7. The van der Waals surface area contributed by atoms with Crippen molar-refractivity contribution >= 4 is 17.7 Å². The normalized spacial score (nSPS) is 11.2. The molecule has 8 heteroatoms. The molecular weight excluding hydrogens is 363 g/mol. The fourth-order valence-electron chi connectivity index (χ4n) is 1.79. The summed E-state index contributed by atoms with van der Waals surface area (Å²) < 4.78 is 41.6. The average molecular weight is 383 g/mol. The molecule has 146 valence electrons. The Morgan fingerprint density at radius 2 is 1.67 bits per heavy atom. The van der Waals surface area contributed by atoms with Gasteiger partial charge >= 0.3 is 12.3 Å². The second-order valence-electron chi connectivity index (χ2n) is 6.58. The van der Waals surface area contributed by atoms with Crippen molar-refractivity contribution in [3.63, 3.8) is 0 Å². The zero-order valence-corrected chi connectivity index (χ0v) is 15.2. The SMILES string of the molecule is CC(C)(C)OC(=O)NCCC#Cc1ccc(C(=O)CC(=O)C(F)(F)F)cc1. The number of alkyl halides is 3. The number of carbonyl (C=O) groups excluding carboxylic acids is 3. The number of ketones is 2. The molecule has 0 unspecified atom stereocenters. The van der Waals surface area contributed by atoms with Gasteiger partial charge in [-0.25, -0.2) is 4.79 Å². The molecule has 1 rings (SSSR count). The Kier molecular flexibility index (Phi) is 7.58. The second kappa shape index (κ2) is 9.21. The number of carbonyl (C=O) groups is 3. The predicted octanol–water partition coefficient (Wildman–Crippen LogP) is 3.66. The van der Waals surface area contributed by atoms with E-state index in [0.29, 0.717) is 12.0 Å². The quantitative estimate of drug-likeness (QED) is 0.365. The van der Waals surface area contributed by atoms with E-state index in [4.69, 9.17) is 4.74 Å². The number of rotatable bonds is 5. The zero-order valence-electron chi connectivity index (χ0n) is 15.2. The van der Waals surface area contributed by atoms with Gasteiger partial charge in [-0.15, -0.1) is 0 Å². The Bertz CT molecular complexity index is 750. The number of amides is 1. The molecule has 27 heavy (non-hydrogen) atoms. The van der Waals surface area contributed by atoms with E-state index in [1.165, 1.54) is 24.3 Å². The van der Waals surface area contributed by atoms with E-state index in [1.54, 1.807) is 20.8 Å². The summed E-state index contributed by atoms with van der Waals surface area (Å²) in [7, 11) is 0. The van der Waals surface area contributed by atoms with Crippen molar-refractivity contribution in [2.45, 2.75) is 45.4 Å². The summed E-state index contributed by atoms with van der Waals surface area (Å²) in [4.78, 5) is 33.9. The van der Waals surface area contributed by atoms with E-state index >= 15 is 0 Å². The fraction of sp³-hybridized carbons (Fsp3) is 0.421. The molecule has 0 radical (unpaired) electrons. The van der Waals surface area contributed by atoms with Crippen LogP contribution in [0.4, 0.5) is 18.0 Å². The van der Waals surface area contributed by atoms with Crippen molar-refractivity contribution in [1.82, 2.24) is 5.32 Å². The highest BCUT2D eigenvalue weighted by Gasteiger charge is 2.39. The maximum atomic E-state index is 12.2. The molecule has 1 aromatic carbocycles. The maximum absolute atomic E-state index is 12.2. The molecule has 0 heterocycles. The van der Waals surface area contributed by atoms with Crippen LogP contribution in [0.25, 0.3) is 0 Å². The molecule has 0 aliphatic rings. The smallest absolute Gasteiger partial charge is 0.444 e. The van der Waals surface area contributed by atoms with E-state index in [2.05, 4.69) is 17.2 Å². The number of nitrogens with one attached hydrogen (secondary N) is 1. The van der Waals surface area contributed by atoms with E-state index in [-0.39, 0.29) is 12.1 Å². The van der Waals surface area contributed by atoms with Crippen molar-refractivity contribution in [3.8, 4) is 11.8 Å². The van der Waals surface area contributed by atoms with Crippen LogP contribution in [-0.4, -0.2) is 36.0 Å². The first kappa shape index (κ1) is 22.2. The second-order valence-corrected chi connectivity index (χ2v) is 6.58. The van der Waals surface area contributed by atoms with Gasteiger partial charge in [0.05, 0.1) is 6.42 Å². The summed E-state index contributed by atoms with van der Waals surface area (Å²) in [6.07, 6.45) is -6.42. The van der Waals surface area contributed by atoms with Crippen LogP contribution in [0.1, 0.15) is 49.5 Å². The Morgan fingerprint density at radius 1 is 1.07 bits per heavy atom. The van der Waals surface area contributed by atoms with E-state index in [0.717, 1.165) is 0 Å². The first-order valence-electron chi connectivity index (χ1n) is 8.07. The first-order chi connectivity index (χ1) is 12.4. The highest BCUT2D eigenvalue weighted by molar-refractivity contribution is 6.09. The monoisotopic (exact) mass is 383 g/mol. The Labute approximate surface area is 155 Å². The Balaban J connectivity index is 2.49. The number of hydrogen-bond acceptors (Lipinski definition) is 4. The molecule has 1 N–H and O–H groups in total. The average Bonchev–Trinajstić information content (AvgIpc) is 2.52. The van der Waals surface area contributed by atoms with Crippen molar-refractivity contribution in [2.24, 2.45) is 0 Å². The van der Waals surface area contributed by atoms with Gasteiger partial charge in [-0.3, -0.25) is 9.59 Å². The minimum Gasteiger partial charge on any atom is -0.444 e. The van der Waals surface area contributed by atoms with Crippen LogP contribution in [0.3, 0.4) is 0 Å². The highest BCUT2D eigenvalue weighted by Crippen LogP contribution is 2.19. The minimum absolute atomic E-state index is 0.00439. The molecule has 0 atom stereocenters. The summed E-state index contributed by atoms with van der Waals surface area (Å²) in [5, 5.41) is 2.55. The van der Waals surface area contributed by atoms with Crippen molar-refractivity contribution in [3.05, 3.63) is 35.4 Å². The van der Waals surface area contributed by atoms with Gasteiger partial charge in [-0.1, -0.05) is 24.0 Å². The first-order valence-corrected chi connectivity index (χ1v) is 8.07. The lowest BCUT2D eigenvalue weighted by atomic mass is 10.0. The van der Waals surface area contributed by atoms with Gasteiger partial charge in [0, 0.05) is 24.1 Å². The molecule has 0 spiro atoms. The van der Waals surface area contributed by atoms with Crippen molar-refractivity contribution in [2.75, 3.05) is 6.54 Å². The topological polar surface area (TPSA) is 72.5 Å². The van der Waals surface area contributed by atoms with Crippen LogP contribution in [0.5, 0.6) is 0 Å². The number of hydrogen-bond donors (Lipinski definition) is 1. The third-order valence-electron chi connectivity index (χ3n) is 3.00. The van der Waals surface area contributed by atoms with Crippen LogP contribution in [-0.2, 0) is 9.53 Å². The standard InChI is InChI=1S/C19H20F3NO4/c1-18(2,3)27-17(26)23-11-5-4-6-13-7-9-14(10-8-13)15(24)12-16(25)19(20,21)22/h7-10H,5,11-12H2,1-3H3,(H,23,26). The summed E-state index contributed by atoms with van der Waals surface area (Å²) in [5.74, 6) is 2.63. The van der Waals surface area contributed by atoms with Crippen LogP contribution < -0.4 is 5.32 Å². The van der Waals surface area contributed by atoms with Crippen LogP contribution in [0, 0.1) is 11.8 Å². The molecule has 0 saturated carbocycles. The minimum atomic E-state index is -5.02. The number of halogens is 3. The predicted molar refractivity (Wildman–Crippen MR) is 92.2 cm³/mol. The van der Waals surface area contributed by atoms with E-state index in [1.807, 2.05) is 0 Å². The van der Waals surface area contributed by atoms with Gasteiger partial charge in [0.25, 0.3) is 0 Å². The summed E-state index contributed by atoms with van der Waals surface area (Å²) in [6, 6.07) is 5.57. The van der Waals surface area contributed by atoms with E-state index < -0.39 is 35.9 Å². The molecular formula is C19H20F3NO4. The lowest BCUT2D eigenvalue weighted by molar-refractivity contribution is -0.170. The lowest BCUT2D eigenvalue weighted by Crippen LogP contribution is -2.32. The Hall–Kier alpha value is -2.82. The van der Waals surface area contributed by atoms with Crippen molar-refractivity contribution < 1.29 is 32.3 Å². The number of benzene rings is 1. The number of alkyl carbamates (subject to hydrolysis) is 1. The van der Waals surface area contributed by atoms with Crippen LogP contribution >= 0.6 is 0 Å². The summed E-state index contributed by atoms with van der Waals surface area (Å²) in [5.41, 5.74) is -0.0321. The number of ether oxygens (including phenoxy) is 1. The third-order valence-corrected chi connectivity index (χ3v) is 3.00. The van der Waals surface area contributed by atoms with Gasteiger partial charge in [-0.05, 0) is 32.9 Å². The third kappa shape index (κ3) is 8.90. The fourth-order valence-corrected chi connectivity index (χ4v) is 1.79. The van der Waals surface area contributed by atoms with Crippen LogP contribution in [0.15, 0.2) is 24.3 Å². The van der Waals surface area contributed by atoms with E-state index in [9.17, 15) is 27.6 Å². The largest absolute Gasteiger partial charge is 0.450 e. The van der Waals surface area contributed by atoms with Crippen LogP contribution in [0.2, 0.25) is 0 Å². The maximum Gasteiger partial charge on any atom is 0.450 e. The molecule has 0 saturated heterocycles. The number of Topliss-reactive ketones (excluding diaryl/α,β-unsaturated/α-hetero) is 2. The lowest BCUT2D eigenvalue weighted by Gasteiger charge is -2.19. The summed E-state index contributed by atoms with van der Waals surface area (Å²) >= 11 is 0. The molecule has 5 nitrogen and oxygen atoms in total. The molecule has 1 aromatic rings. The van der Waals surface area contributed by atoms with Gasteiger partial charge in [-0.2, -0.15) is 13.2 Å². The van der Waals surface area contributed by atoms with Crippen molar-refractivity contribution in [1.29, 1.82) is 0 Å². The van der Waals surface area contributed by atoms with Gasteiger partial charge in [0.15, 0.2) is 5.78 Å². The Morgan fingerprint density at radius 3 is 2.19 bits per heavy atom. The molecule has 1 amide bonds.